The molecule has 0 atom stereocenters. The molecule has 0 N–H and O–H groups in total. The van der Waals surface area contributed by atoms with Gasteiger partial charge in [0.05, 0.1) is 0 Å². The van der Waals surface area contributed by atoms with Gasteiger partial charge in [-0.3, -0.25) is 0 Å². The number of rotatable bonds is 5. The van der Waals surface area contributed by atoms with E-state index in [0.29, 0.717) is 0 Å². The van der Waals surface area contributed by atoms with Crippen LogP contribution in [0.3, 0.4) is 0 Å². The predicted octanol–water partition coefficient (Wildman–Crippen LogP) is 25.2. The summed E-state index contributed by atoms with van der Waals surface area (Å²) >= 11 is 0. The number of hydrogen-bond donors (Lipinski definition) is 0. The van der Waals surface area contributed by atoms with E-state index in [4.69, 9.17) is 4.74 Å². The fraction of sp³-hybridized carbons (Fsp3) is 0.357. The van der Waals surface area contributed by atoms with Gasteiger partial charge < -0.3 is 29.2 Å². The predicted molar refractivity (Wildman–Crippen MR) is 527 cm³/mol. The zero-order chi connectivity index (χ0) is 86.6. The molecule has 0 radical (unpaired) electrons. The van der Waals surface area contributed by atoms with E-state index in [0.717, 1.165) is 45.6 Å². The topological polar surface area (TPSA) is 25.4 Å². The van der Waals surface area contributed by atoms with E-state index >= 15 is 0 Å². The molecule has 6 nitrogen and oxygen atoms in total. The number of fused-ring (bicyclic) bond motifs is 12. The number of ether oxygens (including phenoxy) is 1. The number of anilines is 15. The average molecular weight is 1590 g/mol. The van der Waals surface area contributed by atoms with Gasteiger partial charge in [0.2, 0.25) is 0 Å². The Morgan fingerprint density at radius 3 is 0.727 bits per heavy atom. The van der Waals surface area contributed by atoms with Crippen LogP contribution in [-0.2, 0) is 54.1 Å². The first-order valence-electron chi connectivity index (χ1n) is 44.7. The van der Waals surface area contributed by atoms with E-state index in [1.165, 1.54) is 156 Å². The molecule has 6 aliphatic heterocycles. The largest absolute Gasteiger partial charge is 0.458 e. The Kier molecular flexibility index (Phi) is 18.3. The summed E-state index contributed by atoms with van der Waals surface area (Å²) in [5.74, 6) is 1.85. The van der Waals surface area contributed by atoms with Crippen LogP contribution in [0.15, 0.2) is 218 Å². The molecule has 0 unspecified atom stereocenters. The molecule has 6 aliphatic rings. The summed E-state index contributed by atoms with van der Waals surface area (Å²) < 4.78 is 7.61. The number of hydrogen-bond acceptors (Lipinski definition) is 6. The second kappa shape index (κ2) is 27.1. The van der Waals surface area contributed by atoms with Crippen LogP contribution in [-0.4, -0.2) is 20.1 Å². The van der Waals surface area contributed by atoms with Crippen molar-refractivity contribution in [2.75, 3.05) is 24.5 Å². The monoisotopic (exact) mass is 1590 g/mol. The minimum atomic E-state index is -0.305. The van der Waals surface area contributed by atoms with Gasteiger partial charge in [0.1, 0.15) is 11.5 Å². The molecule has 0 fully saturated rings. The highest BCUT2D eigenvalue weighted by atomic mass is 16.5. The SMILES string of the molecule is CC(C)(C)c1ccc(N2c3cc4c(cc3B3c5c(cc(C(C)(C)C)cc52)Oc2cccc(C(C)(C)C)c23)B2c3cc5c(cc3N(c3ccc(C(C)(C)C)cc3)c3cc(C(C)(C)C)cc(c32)N4c2ccc(C(C)(C)C)cc2)N(c2ccc(C(C)(C)C)cc2)c2cc(C(C)(C)C)cc3c2B5c2cc(C(C)(C)C)ccc2N3c2ccc(C(C)(C)C)cc2)cc1. The lowest BCUT2D eigenvalue weighted by molar-refractivity contribution is 0.480. The maximum absolute atomic E-state index is 7.61. The van der Waals surface area contributed by atoms with Gasteiger partial charge in [-0.05, 0) is 280 Å². The van der Waals surface area contributed by atoms with E-state index in [-0.39, 0.29) is 74.3 Å². The lowest BCUT2D eigenvalue weighted by Crippen LogP contribution is -2.67. The minimum Gasteiger partial charge on any atom is -0.458 e. The van der Waals surface area contributed by atoms with Gasteiger partial charge in [0.15, 0.2) is 0 Å². The summed E-state index contributed by atoms with van der Waals surface area (Å²) in [5, 5.41) is 0. The van der Waals surface area contributed by atoms with Crippen molar-refractivity contribution in [3.8, 4) is 11.5 Å². The third-order valence-corrected chi connectivity index (χ3v) is 27.4. The van der Waals surface area contributed by atoms with Gasteiger partial charge in [0.25, 0.3) is 20.1 Å². The second-order valence-electron chi connectivity index (χ2n) is 46.5. The van der Waals surface area contributed by atoms with Gasteiger partial charge in [-0.25, -0.2) is 0 Å². The van der Waals surface area contributed by atoms with Crippen molar-refractivity contribution in [1.29, 1.82) is 0 Å². The standard InChI is InChI=1S/C112H126B3N5O/c1-103(2,3)67-34-45-76(46-35-67)116-87-55-44-72(108(16,17)18)56-82(87)113-83-63-84-89(65-88(83)117(77-47-36-68(37-48-77)104(4,5)6)93-58-73(109(19,20)21)57-92(116)100(93)113)118(78-49-38-69(39-50-78)105(7,8)9)94-59-74(110(22,23)24)60-95-101(94)114(84)85-64-86-91(66-90(85)119(95)79-51-40-70(41-52-79)106(10,11)12)120(80-53-42-71(43-54-80)107(13,14)15)96-61-75(111(25,26)27)62-98-102(96)115(86)99-81(112(28,29)30)32-31-33-97(99)121-98/h31-66H,1-30H3. The molecule has 0 saturated heterocycles. The van der Waals surface area contributed by atoms with E-state index in [2.05, 4.69) is 451 Å². The minimum absolute atomic E-state index is 0.0329. The molecule has 0 aromatic heterocycles. The summed E-state index contributed by atoms with van der Waals surface area (Å²) in [5.41, 5.74) is 40.4. The van der Waals surface area contributed by atoms with Crippen molar-refractivity contribution in [3.05, 3.63) is 274 Å². The molecule has 9 heteroatoms. The quantitative estimate of drug-likeness (QED) is 0.159. The molecule has 6 heterocycles. The molecule has 614 valence electrons. The first kappa shape index (κ1) is 81.6. The first-order chi connectivity index (χ1) is 56.3. The molecule has 0 spiro atoms. The third kappa shape index (κ3) is 13.5. The Balaban J connectivity index is 1.03. The highest BCUT2D eigenvalue weighted by molar-refractivity contribution is 7.04. The van der Waals surface area contributed by atoms with Crippen molar-refractivity contribution >= 4 is 155 Å². The summed E-state index contributed by atoms with van der Waals surface area (Å²) in [7, 11) is 0. The van der Waals surface area contributed by atoms with Gasteiger partial charge in [-0.15, -0.1) is 0 Å². The van der Waals surface area contributed by atoms with Crippen LogP contribution in [0.4, 0.5) is 85.3 Å². The van der Waals surface area contributed by atoms with Crippen molar-refractivity contribution < 1.29 is 4.74 Å². The fourth-order valence-electron chi connectivity index (χ4n) is 20.1. The van der Waals surface area contributed by atoms with Crippen molar-refractivity contribution in [2.24, 2.45) is 0 Å². The van der Waals surface area contributed by atoms with E-state index in [1.54, 1.807) is 0 Å². The Bertz CT molecular complexity index is 6200. The molecular formula is C112H126B3N5O. The van der Waals surface area contributed by atoms with Crippen molar-refractivity contribution in [1.82, 2.24) is 0 Å². The van der Waals surface area contributed by atoms with E-state index in [1.807, 2.05) is 0 Å². The molecule has 0 saturated carbocycles. The Labute approximate surface area is 726 Å². The highest BCUT2D eigenvalue weighted by Crippen LogP contribution is 2.54. The van der Waals surface area contributed by atoms with Gasteiger partial charge in [-0.1, -0.05) is 305 Å². The van der Waals surface area contributed by atoms with E-state index in [9.17, 15) is 0 Å². The normalized spacial score (nSPS) is 15.0. The molecule has 18 rings (SSSR count). The van der Waals surface area contributed by atoms with Crippen molar-refractivity contribution in [3.63, 3.8) is 0 Å². The second-order valence-corrected chi connectivity index (χ2v) is 46.5. The molecule has 0 bridgehead atoms. The highest BCUT2D eigenvalue weighted by Gasteiger charge is 2.53. The Morgan fingerprint density at radius 2 is 0.438 bits per heavy atom. The smallest absolute Gasteiger partial charge is 0.256 e. The van der Waals surface area contributed by atoms with Gasteiger partial charge >= 0.3 is 0 Å². The first-order valence-corrected chi connectivity index (χ1v) is 44.7. The molecule has 0 amide bonds. The van der Waals surface area contributed by atoms with E-state index < -0.39 is 0 Å². The maximum atomic E-state index is 7.61. The summed E-state index contributed by atoms with van der Waals surface area (Å²) in [4.78, 5) is 13.4. The fourth-order valence-corrected chi connectivity index (χ4v) is 20.1. The zero-order valence-electron chi connectivity index (χ0n) is 78.2. The Morgan fingerprint density at radius 1 is 0.182 bits per heavy atom. The zero-order valence-corrected chi connectivity index (χ0v) is 78.2. The molecule has 12 aromatic carbocycles. The Hall–Kier alpha value is -10.4. The molecule has 12 aromatic rings. The number of benzene rings is 12. The average Bonchev–Trinajstić information content (AvgIpc) is 0.686. The maximum Gasteiger partial charge on any atom is 0.256 e. The van der Waals surface area contributed by atoms with Crippen LogP contribution in [0.5, 0.6) is 11.5 Å². The van der Waals surface area contributed by atoms with Crippen LogP contribution in [0.2, 0.25) is 0 Å². The summed E-state index contributed by atoms with van der Waals surface area (Å²) in [6.07, 6.45) is 0. The molecular weight excluding hydrogens is 1460 g/mol. The summed E-state index contributed by atoms with van der Waals surface area (Å²) in [6, 6.07) is 88.6. The number of nitrogens with zero attached hydrogens (tertiary/aromatic N) is 5. The molecule has 121 heavy (non-hydrogen) atoms. The van der Waals surface area contributed by atoms with Crippen LogP contribution in [0.1, 0.15) is 263 Å². The third-order valence-electron chi connectivity index (χ3n) is 27.4. The van der Waals surface area contributed by atoms with Crippen molar-refractivity contribution in [2.45, 2.75) is 262 Å². The van der Waals surface area contributed by atoms with Crippen LogP contribution < -0.4 is 78.4 Å². The van der Waals surface area contributed by atoms with Gasteiger partial charge in [0, 0.05) is 85.3 Å². The van der Waals surface area contributed by atoms with Crippen LogP contribution in [0.25, 0.3) is 0 Å². The lowest BCUT2D eigenvalue weighted by atomic mass is 9.28. The van der Waals surface area contributed by atoms with Gasteiger partial charge in [-0.2, -0.15) is 0 Å². The molecule has 0 aliphatic carbocycles. The van der Waals surface area contributed by atoms with Crippen LogP contribution in [0, 0.1) is 0 Å². The lowest BCUT2D eigenvalue weighted by Gasteiger charge is -2.49. The summed E-state index contributed by atoms with van der Waals surface area (Å²) in [6.45, 7) is 70.2. The van der Waals surface area contributed by atoms with Crippen LogP contribution >= 0.6 is 0 Å².